The van der Waals surface area contributed by atoms with Crippen LogP contribution in [0.1, 0.15) is 38.5 Å². The van der Waals surface area contributed by atoms with Crippen molar-refractivity contribution in [3.63, 3.8) is 0 Å². The van der Waals surface area contributed by atoms with E-state index in [1.165, 1.54) is 12.7 Å². The van der Waals surface area contributed by atoms with Gasteiger partial charge in [0.15, 0.2) is 0 Å². The molecule has 0 aromatic rings. The monoisotopic (exact) mass is 196 g/mol. The lowest BCUT2D eigenvalue weighted by Crippen LogP contribution is -2.57. The highest BCUT2D eigenvalue weighted by Gasteiger charge is 2.59. The molecule has 0 aromatic carbocycles. The highest BCUT2D eigenvalue weighted by Crippen LogP contribution is 2.60. The molecule has 4 aliphatic carbocycles. The first-order valence-corrected chi connectivity index (χ1v) is 5.61. The molecule has 4 saturated carbocycles. The maximum atomic E-state index is 14.3. The molecule has 0 saturated heterocycles. The molecule has 0 aliphatic heterocycles. The fraction of sp³-hybridized carbons (Fsp3) is 0.833. The number of hydrogen-bond donors (Lipinski definition) is 0. The average Bonchev–Trinajstić information content (AvgIpc) is 1.97. The largest absolute Gasteiger partial charge is 0.495 e. The molecule has 4 rings (SSSR count). The van der Waals surface area contributed by atoms with Gasteiger partial charge >= 0.3 is 0 Å². The second kappa shape index (κ2) is 2.53. The van der Waals surface area contributed by atoms with Crippen LogP contribution in [0.5, 0.6) is 0 Å². The van der Waals surface area contributed by atoms with E-state index in [0.29, 0.717) is 18.3 Å². The molecule has 4 fully saturated rings. The number of ether oxygens (including phenoxy) is 1. The molecule has 2 atom stereocenters. The van der Waals surface area contributed by atoms with E-state index in [1.54, 1.807) is 0 Å². The van der Waals surface area contributed by atoms with Crippen LogP contribution < -0.4 is 0 Å². The van der Waals surface area contributed by atoms with Gasteiger partial charge in [0, 0.05) is 6.42 Å². The van der Waals surface area contributed by atoms with E-state index in [1.807, 2.05) is 0 Å². The van der Waals surface area contributed by atoms with E-state index in [2.05, 4.69) is 6.58 Å². The third kappa shape index (κ3) is 1.12. The maximum absolute atomic E-state index is 14.3. The van der Waals surface area contributed by atoms with Crippen molar-refractivity contribution in [1.29, 1.82) is 0 Å². The van der Waals surface area contributed by atoms with Gasteiger partial charge in [0.2, 0.25) is 0 Å². The molecule has 0 N–H and O–H groups in total. The zero-order chi connectivity index (χ0) is 9.81. The topological polar surface area (TPSA) is 9.23 Å². The molecule has 0 radical (unpaired) electrons. The Labute approximate surface area is 84.3 Å². The Morgan fingerprint density at radius 3 is 2.36 bits per heavy atom. The van der Waals surface area contributed by atoms with Crippen LogP contribution in [0.4, 0.5) is 4.39 Å². The zero-order valence-corrected chi connectivity index (χ0v) is 8.47. The van der Waals surface area contributed by atoms with Gasteiger partial charge in [-0.3, -0.25) is 0 Å². The predicted molar refractivity (Wildman–Crippen MR) is 52.5 cm³/mol. The van der Waals surface area contributed by atoms with Gasteiger partial charge in [-0.05, 0) is 43.9 Å². The summed E-state index contributed by atoms with van der Waals surface area (Å²) >= 11 is 0. The van der Waals surface area contributed by atoms with Crippen molar-refractivity contribution in [2.75, 3.05) is 0 Å². The first-order chi connectivity index (χ1) is 6.63. The highest BCUT2D eigenvalue weighted by atomic mass is 19.1. The minimum absolute atomic E-state index is 0.180. The van der Waals surface area contributed by atoms with Crippen LogP contribution in [-0.4, -0.2) is 11.3 Å². The SMILES string of the molecule is C=COC12CC3CC(CC(F)(C3)C1)C2. The number of rotatable bonds is 2. The van der Waals surface area contributed by atoms with E-state index in [4.69, 9.17) is 4.74 Å². The third-order valence-electron chi connectivity index (χ3n) is 4.27. The van der Waals surface area contributed by atoms with E-state index < -0.39 is 5.67 Å². The fourth-order valence-electron chi connectivity index (χ4n) is 4.38. The smallest absolute Gasteiger partial charge is 0.115 e. The summed E-state index contributed by atoms with van der Waals surface area (Å²) in [6.07, 6.45) is 7.03. The Morgan fingerprint density at radius 2 is 1.86 bits per heavy atom. The van der Waals surface area contributed by atoms with E-state index in [-0.39, 0.29) is 5.60 Å². The molecule has 4 aliphatic rings. The lowest BCUT2D eigenvalue weighted by Gasteiger charge is -2.58. The van der Waals surface area contributed by atoms with Crippen molar-refractivity contribution in [2.24, 2.45) is 11.8 Å². The molecule has 2 unspecified atom stereocenters. The minimum Gasteiger partial charge on any atom is -0.495 e. The van der Waals surface area contributed by atoms with Crippen LogP contribution >= 0.6 is 0 Å². The molecule has 14 heavy (non-hydrogen) atoms. The second-order valence-corrected chi connectivity index (χ2v) is 5.58. The summed E-state index contributed by atoms with van der Waals surface area (Å²) in [5, 5.41) is 0. The molecule has 0 aromatic heterocycles. The Morgan fingerprint density at radius 1 is 1.21 bits per heavy atom. The first-order valence-electron chi connectivity index (χ1n) is 5.61. The summed E-state index contributed by atoms with van der Waals surface area (Å²) in [5.74, 6) is 1.14. The standard InChI is InChI=1S/C12H17FO/c1-2-14-12-6-9-3-10(7-12)5-11(13,4-9)8-12/h2,9-10H,1,3-8H2. The van der Waals surface area contributed by atoms with Crippen LogP contribution in [0.15, 0.2) is 12.8 Å². The van der Waals surface area contributed by atoms with Crippen molar-refractivity contribution in [3.05, 3.63) is 12.8 Å². The van der Waals surface area contributed by atoms with Crippen LogP contribution in [0.2, 0.25) is 0 Å². The van der Waals surface area contributed by atoms with Crippen molar-refractivity contribution in [3.8, 4) is 0 Å². The number of alkyl halides is 1. The second-order valence-electron chi connectivity index (χ2n) is 5.58. The molecular weight excluding hydrogens is 179 g/mol. The normalized spacial score (nSPS) is 54.6. The summed E-state index contributed by atoms with van der Waals surface area (Å²) in [6, 6.07) is 0. The quantitative estimate of drug-likeness (QED) is 0.616. The van der Waals surface area contributed by atoms with Crippen LogP contribution in [0, 0.1) is 11.8 Å². The zero-order valence-electron chi connectivity index (χ0n) is 8.47. The van der Waals surface area contributed by atoms with E-state index in [9.17, 15) is 4.39 Å². The van der Waals surface area contributed by atoms with Crippen LogP contribution in [0.3, 0.4) is 0 Å². The van der Waals surface area contributed by atoms with Gasteiger partial charge in [0.25, 0.3) is 0 Å². The van der Waals surface area contributed by atoms with Gasteiger partial charge in [-0.25, -0.2) is 4.39 Å². The van der Waals surface area contributed by atoms with E-state index in [0.717, 1.165) is 25.7 Å². The Balaban J connectivity index is 1.92. The third-order valence-corrected chi connectivity index (χ3v) is 4.27. The summed E-state index contributed by atoms with van der Waals surface area (Å²) < 4.78 is 20.0. The van der Waals surface area contributed by atoms with Gasteiger partial charge in [-0.1, -0.05) is 6.58 Å². The van der Waals surface area contributed by atoms with Crippen molar-refractivity contribution >= 4 is 0 Å². The molecule has 1 nitrogen and oxygen atoms in total. The molecule has 2 heteroatoms. The van der Waals surface area contributed by atoms with Crippen molar-refractivity contribution < 1.29 is 9.13 Å². The predicted octanol–water partition coefficient (Wildman–Crippen LogP) is 3.21. The van der Waals surface area contributed by atoms with Gasteiger partial charge < -0.3 is 4.74 Å². The molecule has 0 amide bonds. The highest BCUT2D eigenvalue weighted by molar-refractivity contribution is 5.10. The molecular formula is C12H17FO. The Hall–Kier alpha value is -0.530. The van der Waals surface area contributed by atoms with Crippen LogP contribution in [0.25, 0.3) is 0 Å². The molecule has 0 spiro atoms. The van der Waals surface area contributed by atoms with Crippen LogP contribution in [-0.2, 0) is 4.74 Å². The fourth-order valence-corrected chi connectivity index (χ4v) is 4.38. The first kappa shape index (κ1) is 8.75. The molecule has 78 valence electrons. The molecule has 4 bridgehead atoms. The molecule has 0 heterocycles. The lowest BCUT2D eigenvalue weighted by atomic mass is 9.53. The van der Waals surface area contributed by atoms with Gasteiger partial charge in [-0.15, -0.1) is 0 Å². The lowest BCUT2D eigenvalue weighted by molar-refractivity contribution is -0.173. The average molecular weight is 196 g/mol. The van der Waals surface area contributed by atoms with Crippen molar-refractivity contribution in [2.45, 2.75) is 49.8 Å². The van der Waals surface area contributed by atoms with E-state index >= 15 is 0 Å². The Bertz CT molecular complexity index is 259. The summed E-state index contributed by atoms with van der Waals surface area (Å²) in [4.78, 5) is 0. The Kier molecular flexibility index (Phi) is 1.58. The number of halogens is 1. The minimum atomic E-state index is -0.910. The van der Waals surface area contributed by atoms with Gasteiger partial charge in [-0.2, -0.15) is 0 Å². The van der Waals surface area contributed by atoms with Crippen molar-refractivity contribution in [1.82, 2.24) is 0 Å². The maximum Gasteiger partial charge on any atom is 0.115 e. The number of hydrogen-bond acceptors (Lipinski definition) is 1. The summed E-state index contributed by atoms with van der Waals surface area (Å²) in [7, 11) is 0. The van der Waals surface area contributed by atoms with Gasteiger partial charge in [0.05, 0.1) is 6.26 Å². The van der Waals surface area contributed by atoms with Gasteiger partial charge in [0.1, 0.15) is 11.3 Å². The summed E-state index contributed by atoms with van der Waals surface area (Å²) in [5.41, 5.74) is -1.09. The summed E-state index contributed by atoms with van der Waals surface area (Å²) in [6.45, 7) is 3.61.